The number of ether oxygens (including phenoxy) is 1. The van der Waals surface area contributed by atoms with Crippen LogP contribution in [0.4, 0.5) is 0 Å². The number of thiazole rings is 1. The Hall–Kier alpha value is -3.04. The van der Waals surface area contributed by atoms with E-state index in [1.165, 1.54) is 18.4 Å². The van der Waals surface area contributed by atoms with Gasteiger partial charge in [0.25, 0.3) is 5.56 Å². The third-order valence-corrected chi connectivity index (χ3v) is 8.24. The Balaban J connectivity index is 1.64. The highest BCUT2D eigenvalue weighted by Crippen LogP contribution is 2.33. The fourth-order valence-corrected chi connectivity index (χ4v) is 6.00. The quantitative estimate of drug-likeness (QED) is 0.227. The zero-order chi connectivity index (χ0) is 26.3. The maximum atomic E-state index is 13.7. The highest BCUT2D eigenvalue weighted by molar-refractivity contribution is 7.98. The van der Waals surface area contributed by atoms with E-state index in [1.807, 2.05) is 30.5 Å². The van der Waals surface area contributed by atoms with Crippen LogP contribution in [-0.4, -0.2) is 23.9 Å². The second-order valence-electron chi connectivity index (χ2n) is 8.17. The molecule has 0 spiro atoms. The number of carbonyl (C=O) groups is 1. The third-order valence-electron chi connectivity index (χ3n) is 5.95. The normalized spacial score (nSPS) is 15.5. The predicted molar refractivity (Wildman–Crippen MR) is 148 cm³/mol. The number of benzene rings is 2. The second kappa shape index (κ2) is 10.4. The maximum Gasteiger partial charge on any atom is 0.338 e. The summed E-state index contributed by atoms with van der Waals surface area (Å²) in [6.07, 6.45) is 3.65. The molecule has 5 rings (SSSR count). The molecule has 1 aliphatic rings. The van der Waals surface area contributed by atoms with Crippen LogP contribution in [-0.2, 0) is 9.53 Å². The fourth-order valence-electron chi connectivity index (χ4n) is 4.18. The Morgan fingerprint density at radius 1 is 1.16 bits per heavy atom. The van der Waals surface area contributed by atoms with E-state index in [0.29, 0.717) is 47.7 Å². The van der Waals surface area contributed by atoms with Gasteiger partial charge in [0.2, 0.25) is 0 Å². The van der Waals surface area contributed by atoms with Gasteiger partial charge in [-0.1, -0.05) is 46.7 Å². The number of fused-ring (bicyclic) bond motifs is 1. The van der Waals surface area contributed by atoms with Crippen molar-refractivity contribution in [2.45, 2.75) is 17.9 Å². The van der Waals surface area contributed by atoms with E-state index < -0.39 is 12.0 Å². The first-order valence-electron chi connectivity index (χ1n) is 11.1. The molecular formula is C27H20Cl2N2O4S2. The lowest BCUT2D eigenvalue weighted by Gasteiger charge is -2.24. The van der Waals surface area contributed by atoms with Crippen molar-refractivity contribution in [2.75, 3.05) is 13.4 Å². The van der Waals surface area contributed by atoms with Gasteiger partial charge in [0, 0.05) is 21.6 Å². The van der Waals surface area contributed by atoms with E-state index in [1.54, 1.807) is 59.7 Å². The molecule has 188 valence electrons. The highest BCUT2D eigenvalue weighted by atomic mass is 35.5. The fraction of sp³-hybridized carbons (Fsp3) is 0.148. The van der Waals surface area contributed by atoms with Crippen molar-refractivity contribution in [3.8, 4) is 11.3 Å². The van der Waals surface area contributed by atoms with E-state index in [4.69, 9.17) is 32.4 Å². The summed E-state index contributed by atoms with van der Waals surface area (Å²) >= 11 is 15.3. The lowest BCUT2D eigenvalue weighted by molar-refractivity contribution is -0.136. The molecule has 0 saturated carbocycles. The Morgan fingerprint density at radius 2 is 1.92 bits per heavy atom. The van der Waals surface area contributed by atoms with Gasteiger partial charge in [-0.2, -0.15) is 0 Å². The summed E-state index contributed by atoms with van der Waals surface area (Å²) in [4.78, 5) is 32.6. The largest absolute Gasteiger partial charge is 0.466 e. The van der Waals surface area contributed by atoms with Crippen LogP contribution >= 0.6 is 46.3 Å². The summed E-state index contributed by atoms with van der Waals surface area (Å²) in [6.45, 7) is 1.75. The number of nitrogens with zero attached hydrogens (tertiary/aromatic N) is 2. The molecule has 10 heteroatoms. The van der Waals surface area contributed by atoms with Gasteiger partial charge in [-0.25, -0.2) is 9.79 Å². The minimum Gasteiger partial charge on any atom is -0.466 e. The zero-order valence-electron chi connectivity index (χ0n) is 20.0. The summed E-state index contributed by atoms with van der Waals surface area (Å²) < 4.78 is 13.0. The summed E-state index contributed by atoms with van der Waals surface area (Å²) in [5.74, 6) is 0.478. The first kappa shape index (κ1) is 25.6. The summed E-state index contributed by atoms with van der Waals surface area (Å²) in [5.41, 5.74) is 2.00. The number of hydrogen-bond donors (Lipinski definition) is 0. The molecule has 37 heavy (non-hydrogen) atoms. The van der Waals surface area contributed by atoms with Gasteiger partial charge in [-0.3, -0.25) is 9.36 Å². The van der Waals surface area contributed by atoms with Crippen molar-refractivity contribution < 1.29 is 13.9 Å². The number of furan rings is 1. The topological polar surface area (TPSA) is 73.8 Å². The van der Waals surface area contributed by atoms with Gasteiger partial charge >= 0.3 is 5.97 Å². The Kier molecular flexibility index (Phi) is 7.18. The van der Waals surface area contributed by atoms with Crippen LogP contribution in [0, 0.1) is 0 Å². The molecule has 0 unspecified atom stereocenters. The molecule has 1 aliphatic heterocycles. The van der Waals surface area contributed by atoms with Crippen LogP contribution in [0.3, 0.4) is 0 Å². The number of methoxy groups -OCH3 is 1. The lowest BCUT2D eigenvalue weighted by atomic mass is 9.96. The van der Waals surface area contributed by atoms with E-state index in [0.717, 1.165) is 10.5 Å². The minimum absolute atomic E-state index is 0.282. The van der Waals surface area contributed by atoms with Crippen molar-refractivity contribution in [3.05, 3.63) is 107 Å². The molecule has 0 saturated heterocycles. The Bertz CT molecular complexity index is 1730. The third kappa shape index (κ3) is 4.82. The van der Waals surface area contributed by atoms with Gasteiger partial charge in [-0.05, 0) is 61.2 Å². The van der Waals surface area contributed by atoms with Crippen LogP contribution in [0.1, 0.15) is 24.3 Å². The monoisotopic (exact) mass is 570 g/mol. The standard InChI is InChI=1S/C27H20Cl2N2O4S2/c1-14-23(26(33)34-2)24(15-4-8-18(36-3)9-5-15)31-25(32)22(37-27(31)30-14)13-17-7-11-21(35-17)19-12-16(28)6-10-20(19)29/h4-13,24H,1-3H3/b22-13-/t24-/m1/s1. The number of thioether (sulfide) groups is 1. The molecule has 2 aromatic heterocycles. The molecule has 2 aromatic carbocycles. The second-order valence-corrected chi connectivity index (χ2v) is 10.9. The molecule has 0 bridgehead atoms. The summed E-state index contributed by atoms with van der Waals surface area (Å²) in [6, 6.07) is 15.8. The van der Waals surface area contributed by atoms with Crippen LogP contribution in [0.15, 0.2) is 85.0 Å². The number of esters is 1. The smallest absolute Gasteiger partial charge is 0.338 e. The molecule has 0 N–H and O–H groups in total. The summed E-state index contributed by atoms with van der Waals surface area (Å²) in [5, 5.41) is 1.04. The molecule has 0 radical (unpaired) electrons. The highest BCUT2D eigenvalue weighted by Gasteiger charge is 2.33. The predicted octanol–water partition coefficient (Wildman–Crippen LogP) is 5.70. The SMILES string of the molecule is COC(=O)C1=C(C)N=c2s/c(=C\c3ccc(-c4cc(Cl)ccc4Cl)o3)c(=O)n2[C@@H]1c1ccc(SC)cc1. The van der Waals surface area contributed by atoms with Crippen molar-refractivity contribution in [2.24, 2.45) is 4.99 Å². The molecule has 4 aromatic rings. The van der Waals surface area contributed by atoms with Gasteiger partial charge < -0.3 is 9.15 Å². The van der Waals surface area contributed by atoms with E-state index in [9.17, 15) is 9.59 Å². The average Bonchev–Trinajstić information content (AvgIpc) is 3.48. The van der Waals surface area contributed by atoms with Crippen molar-refractivity contribution >= 4 is 58.3 Å². The average molecular weight is 572 g/mol. The van der Waals surface area contributed by atoms with Crippen LogP contribution < -0.4 is 14.9 Å². The van der Waals surface area contributed by atoms with E-state index in [-0.39, 0.29) is 5.56 Å². The van der Waals surface area contributed by atoms with Gasteiger partial charge in [0.15, 0.2) is 4.80 Å². The zero-order valence-corrected chi connectivity index (χ0v) is 23.1. The first-order chi connectivity index (χ1) is 17.8. The van der Waals surface area contributed by atoms with Crippen LogP contribution in [0.25, 0.3) is 17.4 Å². The lowest BCUT2D eigenvalue weighted by Crippen LogP contribution is -2.39. The van der Waals surface area contributed by atoms with Gasteiger partial charge in [-0.15, -0.1) is 11.8 Å². The van der Waals surface area contributed by atoms with Crippen LogP contribution in [0.2, 0.25) is 10.0 Å². The van der Waals surface area contributed by atoms with Crippen LogP contribution in [0.5, 0.6) is 0 Å². The Labute approximate surface area is 230 Å². The Morgan fingerprint density at radius 3 is 2.62 bits per heavy atom. The first-order valence-corrected chi connectivity index (χ1v) is 13.9. The number of hydrogen-bond acceptors (Lipinski definition) is 7. The maximum absolute atomic E-state index is 13.7. The summed E-state index contributed by atoms with van der Waals surface area (Å²) in [7, 11) is 1.32. The van der Waals surface area contributed by atoms with Gasteiger partial charge in [0.05, 0.1) is 34.0 Å². The molecule has 0 fully saturated rings. The number of halogens is 2. The molecule has 6 nitrogen and oxygen atoms in total. The van der Waals surface area contributed by atoms with Crippen molar-refractivity contribution in [1.82, 2.24) is 4.57 Å². The molecular weight excluding hydrogens is 551 g/mol. The minimum atomic E-state index is -0.667. The van der Waals surface area contributed by atoms with E-state index in [2.05, 4.69) is 4.99 Å². The number of aromatic nitrogens is 1. The molecule has 0 aliphatic carbocycles. The number of rotatable bonds is 5. The van der Waals surface area contributed by atoms with Crippen molar-refractivity contribution in [3.63, 3.8) is 0 Å². The molecule has 1 atom stereocenters. The number of carbonyl (C=O) groups excluding carboxylic acids is 1. The van der Waals surface area contributed by atoms with Crippen molar-refractivity contribution in [1.29, 1.82) is 0 Å². The molecule has 0 amide bonds. The van der Waals surface area contributed by atoms with E-state index >= 15 is 0 Å². The molecule has 3 heterocycles. The van der Waals surface area contributed by atoms with Gasteiger partial charge in [0.1, 0.15) is 11.5 Å². The number of allylic oxidation sites excluding steroid dienone is 1.